The van der Waals surface area contributed by atoms with Gasteiger partial charge in [-0.15, -0.1) is 0 Å². The van der Waals surface area contributed by atoms with Gasteiger partial charge in [-0.05, 0) is 36.8 Å². The van der Waals surface area contributed by atoms with Crippen LogP contribution in [0.3, 0.4) is 0 Å². The molecule has 0 radical (unpaired) electrons. The van der Waals surface area contributed by atoms with Gasteiger partial charge in [0.05, 0.1) is 0 Å². The smallest absolute Gasteiger partial charge is 0.126 e. The number of pyridine rings is 1. The Hall–Kier alpha value is -1.16. The zero-order valence-electron chi connectivity index (χ0n) is 11.7. The van der Waals surface area contributed by atoms with Crippen molar-refractivity contribution in [2.45, 2.75) is 45.6 Å². The van der Waals surface area contributed by atoms with Crippen molar-refractivity contribution in [1.29, 1.82) is 0 Å². The lowest BCUT2D eigenvalue weighted by Crippen LogP contribution is -2.35. The summed E-state index contributed by atoms with van der Waals surface area (Å²) in [5.74, 6) is 2.39. The highest BCUT2D eigenvalue weighted by Gasteiger charge is 2.27. The minimum Gasteiger partial charge on any atom is -0.389 e. The van der Waals surface area contributed by atoms with Gasteiger partial charge in [-0.3, -0.25) is 0 Å². The van der Waals surface area contributed by atoms with E-state index in [1.54, 1.807) is 6.20 Å². The standard InChI is InChI=1S/C15H23N3S/c1-10(2)12-5-3-4-6-13(12)18-14-8-7-11(9-17-14)15(16)19/h7-10,12-13H,3-6H2,1-2H3,(H2,16,19)(H,17,18). The summed E-state index contributed by atoms with van der Waals surface area (Å²) in [6.45, 7) is 4.63. The summed E-state index contributed by atoms with van der Waals surface area (Å²) in [6.07, 6.45) is 6.97. The van der Waals surface area contributed by atoms with Crippen molar-refractivity contribution in [3.63, 3.8) is 0 Å². The summed E-state index contributed by atoms with van der Waals surface area (Å²) in [6, 6.07) is 4.45. The van der Waals surface area contributed by atoms with Gasteiger partial charge in [0.25, 0.3) is 0 Å². The number of rotatable bonds is 4. The van der Waals surface area contributed by atoms with E-state index in [9.17, 15) is 0 Å². The molecule has 0 bridgehead atoms. The maximum Gasteiger partial charge on any atom is 0.126 e. The minimum atomic E-state index is 0.400. The third-order valence-electron chi connectivity index (χ3n) is 4.06. The van der Waals surface area contributed by atoms with E-state index < -0.39 is 0 Å². The lowest BCUT2D eigenvalue weighted by Gasteiger charge is -2.35. The van der Waals surface area contributed by atoms with Crippen molar-refractivity contribution in [2.75, 3.05) is 5.32 Å². The summed E-state index contributed by atoms with van der Waals surface area (Å²) in [4.78, 5) is 4.81. The molecule has 0 aliphatic heterocycles. The predicted molar refractivity (Wildman–Crippen MR) is 84.3 cm³/mol. The van der Waals surface area contributed by atoms with Crippen molar-refractivity contribution in [3.05, 3.63) is 23.9 Å². The van der Waals surface area contributed by atoms with Crippen LogP contribution >= 0.6 is 12.2 Å². The quantitative estimate of drug-likeness (QED) is 0.829. The molecular formula is C15H23N3S. The van der Waals surface area contributed by atoms with Gasteiger partial charge in [0.1, 0.15) is 10.8 Å². The highest BCUT2D eigenvalue weighted by atomic mass is 32.1. The lowest BCUT2D eigenvalue weighted by molar-refractivity contribution is 0.253. The van der Waals surface area contributed by atoms with Crippen LogP contribution in [-0.4, -0.2) is 16.0 Å². The van der Waals surface area contributed by atoms with E-state index in [0.717, 1.165) is 17.3 Å². The van der Waals surface area contributed by atoms with Crippen molar-refractivity contribution in [3.8, 4) is 0 Å². The van der Waals surface area contributed by atoms with E-state index in [4.69, 9.17) is 18.0 Å². The fourth-order valence-electron chi connectivity index (χ4n) is 2.95. The molecule has 1 aromatic rings. The monoisotopic (exact) mass is 277 g/mol. The zero-order valence-corrected chi connectivity index (χ0v) is 12.5. The van der Waals surface area contributed by atoms with Crippen LogP contribution in [0.25, 0.3) is 0 Å². The first-order valence-corrected chi connectivity index (χ1v) is 7.51. The number of hydrogen-bond donors (Lipinski definition) is 2. The highest BCUT2D eigenvalue weighted by Crippen LogP contribution is 2.31. The summed E-state index contributed by atoms with van der Waals surface area (Å²) < 4.78 is 0. The van der Waals surface area contributed by atoms with Crippen molar-refractivity contribution in [1.82, 2.24) is 4.98 Å². The predicted octanol–water partition coefficient (Wildman–Crippen LogP) is 3.34. The SMILES string of the molecule is CC(C)C1CCCCC1Nc1ccc(C(N)=S)cn1. The van der Waals surface area contributed by atoms with Crippen LogP contribution in [0, 0.1) is 11.8 Å². The summed E-state index contributed by atoms with van der Waals surface area (Å²) in [7, 11) is 0. The third kappa shape index (κ3) is 3.66. The van der Waals surface area contributed by atoms with Gasteiger partial charge in [-0.1, -0.05) is 38.9 Å². The van der Waals surface area contributed by atoms with Crippen LogP contribution in [0.15, 0.2) is 18.3 Å². The Labute approximate surface area is 121 Å². The van der Waals surface area contributed by atoms with Gasteiger partial charge in [0.15, 0.2) is 0 Å². The highest BCUT2D eigenvalue weighted by molar-refractivity contribution is 7.80. The van der Waals surface area contributed by atoms with Gasteiger partial charge in [-0.25, -0.2) is 4.98 Å². The molecule has 1 aliphatic carbocycles. The number of thiocarbonyl (C=S) groups is 1. The molecule has 2 unspecified atom stereocenters. The molecule has 0 spiro atoms. The summed E-state index contributed by atoms with van der Waals surface area (Å²) in [5, 5.41) is 3.58. The van der Waals surface area contributed by atoms with Gasteiger partial charge in [0.2, 0.25) is 0 Å². The molecule has 2 rings (SSSR count). The fraction of sp³-hybridized carbons (Fsp3) is 0.600. The number of aromatic nitrogens is 1. The molecule has 104 valence electrons. The second kappa shape index (κ2) is 6.33. The molecule has 1 fully saturated rings. The number of nitrogens with one attached hydrogen (secondary N) is 1. The van der Waals surface area contributed by atoms with E-state index >= 15 is 0 Å². The van der Waals surface area contributed by atoms with Crippen LogP contribution in [0.1, 0.15) is 45.1 Å². The minimum absolute atomic E-state index is 0.400. The Morgan fingerprint density at radius 3 is 2.68 bits per heavy atom. The maximum absolute atomic E-state index is 5.58. The molecule has 0 aromatic carbocycles. The summed E-state index contributed by atoms with van der Waals surface area (Å²) >= 11 is 4.94. The molecule has 0 saturated heterocycles. The Bertz CT molecular complexity index is 428. The number of hydrogen-bond acceptors (Lipinski definition) is 3. The Kier molecular flexibility index (Phi) is 4.75. The van der Waals surface area contributed by atoms with Crippen LogP contribution in [0.2, 0.25) is 0 Å². The van der Waals surface area contributed by atoms with E-state index in [2.05, 4.69) is 24.1 Å². The molecular weight excluding hydrogens is 254 g/mol. The molecule has 19 heavy (non-hydrogen) atoms. The first kappa shape index (κ1) is 14.3. The van der Waals surface area contributed by atoms with E-state index in [1.165, 1.54) is 25.7 Å². The average molecular weight is 277 g/mol. The Morgan fingerprint density at radius 2 is 2.11 bits per heavy atom. The van der Waals surface area contributed by atoms with E-state index in [1.807, 2.05) is 12.1 Å². The van der Waals surface area contributed by atoms with Crippen LogP contribution in [0.5, 0.6) is 0 Å². The number of nitrogens with two attached hydrogens (primary N) is 1. The molecule has 1 aliphatic rings. The van der Waals surface area contributed by atoms with E-state index in [-0.39, 0.29) is 0 Å². The van der Waals surface area contributed by atoms with Crippen molar-refractivity contribution >= 4 is 23.0 Å². The van der Waals surface area contributed by atoms with Gasteiger partial charge < -0.3 is 11.1 Å². The number of anilines is 1. The normalized spacial score (nSPS) is 23.3. The van der Waals surface area contributed by atoms with Crippen molar-refractivity contribution < 1.29 is 0 Å². The zero-order chi connectivity index (χ0) is 13.8. The first-order chi connectivity index (χ1) is 9.08. The average Bonchev–Trinajstić information content (AvgIpc) is 2.39. The molecule has 4 heteroatoms. The molecule has 1 heterocycles. The topological polar surface area (TPSA) is 50.9 Å². The molecule has 1 aromatic heterocycles. The molecule has 3 N–H and O–H groups in total. The molecule has 3 nitrogen and oxygen atoms in total. The van der Waals surface area contributed by atoms with Gasteiger partial charge in [0, 0.05) is 17.8 Å². The molecule has 2 atom stereocenters. The summed E-state index contributed by atoms with van der Waals surface area (Å²) in [5.41, 5.74) is 6.40. The number of nitrogens with zero attached hydrogens (tertiary/aromatic N) is 1. The Morgan fingerprint density at radius 1 is 1.37 bits per heavy atom. The van der Waals surface area contributed by atoms with Gasteiger partial charge >= 0.3 is 0 Å². The maximum atomic E-state index is 5.58. The van der Waals surface area contributed by atoms with E-state index in [0.29, 0.717) is 16.9 Å². The van der Waals surface area contributed by atoms with Crippen LogP contribution in [-0.2, 0) is 0 Å². The molecule has 1 saturated carbocycles. The third-order valence-corrected chi connectivity index (χ3v) is 4.29. The first-order valence-electron chi connectivity index (χ1n) is 7.10. The fourth-order valence-corrected chi connectivity index (χ4v) is 3.07. The van der Waals surface area contributed by atoms with Crippen LogP contribution in [0.4, 0.5) is 5.82 Å². The second-order valence-electron chi connectivity index (χ2n) is 5.74. The lowest BCUT2D eigenvalue weighted by atomic mass is 9.78. The largest absolute Gasteiger partial charge is 0.389 e. The van der Waals surface area contributed by atoms with Crippen LogP contribution < -0.4 is 11.1 Å². The van der Waals surface area contributed by atoms with Gasteiger partial charge in [-0.2, -0.15) is 0 Å². The van der Waals surface area contributed by atoms with Crippen molar-refractivity contribution in [2.24, 2.45) is 17.6 Å². The molecule has 0 amide bonds. The second-order valence-corrected chi connectivity index (χ2v) is 6.18. The Balaban J connectivity index is 2.04.